The summed E-state index contributed by atoms with van der Waals surface area (Å²) in [6.07, 6.45) is 1.54. The highest BCUT2D eigenvalue weighted by Gasteiger charge is 2.34. The first kappa shape index (κ1) is 18.8. The Labute approximate surface area is 158 Å². The van der Waals surface area contributed by atoms with Gasteiger partial charge in [0, 0.05) is 52.5 Å². The molecular weight excluding hydrogens is 344 g/mol. The third-order valence-electron chi connectivity index (χ3n) is 4.89. The molecule has 2 amide bonds. The highest BCUT2D eigenvalue weighted by molar-refractivity contribution is 5.94. The van der Waals surface area contributed by atoms with E-state index in [1.165, 1.54) is 22.9 Å². The number of carbonyl (C=O) groups is 2. The van der Waals surface area contributed by atoms with Crippen molar-refractivity contribution in [2.24, 2.45) is 7.05 Å². The predicted molar refractivity (Wildman–Crippen MR) is 102 cm³/mol. The number of aromatic nitrogens is 1. The Kier molecular flexibility index (Phi) is 5.71. The number of pyridine rings is 1. The van der Waals surface area contributed by atoms with Crippen LogP contribution >= 0.6 is 0 Å². The van der Waals surface area contributed by atoms with Gasteiger partial charge in [0.15, 0.2) is 0 Å². The fourth-order valence-electron chi connectivity index (χ4n) is 3.33. The van der Waals surface area contributed by atoms with Crippen molar-refractivity contribution in [3.8, 4) is 0 Å². The highest BCUT2D eigenvalue weighted by Crippen LogP contribution is 2.16. The van der Waals surface area contributed by atoms with Crippen LogP contribution in [0.2, 0.25) is 0 Å². The minimum atomic E-state index is -0.416. The third-order valence-corrected chi connectivity index (χ3v) is 4.89. The van der Waals surface area contributed by atoms with Crippen LogP contribution in [0.3, 0.4) is 0 Å². The molecule has 0 aliphatic carbocycles. The molecule has 0 saturated carbocycles. The van der Waals surface area contributed by atoms with Crippen molar-refractivity contribution in [2.45, 2.75) is 12.6 Å². The minimum absolute atomic E-state index is 0.108. The molecule has 27 heavy (non-hydrogen) atoms. The van der Waals surface area contributed by atoms with E-state index in [0.29, 0.717) is 31.7 Å². The van der Waals surface area contributed by atoms with E-state index >= 15 is 0 Å². The van der Waals surface area contributed by atoms with Crippen molar-refractivity contribution in [2.75, 3.05) is 26.7 Å². The maximum absolute atomic E-state index is 12.8. The van der Waals surface area contributed by atoms with Gasteiger partial charge in [-0.05, 0) is 11.6 Å². The van der Waals surface area contributed by atoms with E-state index in [0.717, 1.165) is 5.56 Å². The maximum atomic E-state index is 12.8. The maximum Gasteiger partial charge on any atom is 0.255 e. The molecular formula is C20H24N4O3. The van der Waals surface area contributed by atoms with E-state index in [1.807, 2.05) is 30.3 Å². The van der Waals surface area contributed by atoms with Gasteiger partial charge >= 0.3 is 0 Å². The highest BCUT2D eigenvalue weighted by atomic mass is 16.2. The summed E-state index contributed by atoms with van der Waals surface area (Å²) in [5.41, 5.74) is 1.41. The number of aryl methyl sites for hydroxylation is 1. The molecule has 0 bridgehead atoms. The van der Waals surface area contributed by atoms with Gasteiger partial charge in [0.05, 0.1) is 5.56 Å². The summed E-state index contributed by atoms with van der Waals surface area (Å²) in [6.45, 7) is 2.10. The van der Waals surface area contributed by atoms with Crippen LogP contribution < -0.4 is 10.9 Å². The molecule has 7 heteroatoms. The van der Waals surface area contributed by atoms with Crippen molar-refractivity contribution in [3.63, 3.8) is 0 Å². The SMILES string of the molecule is CNC(=O)[C@@H]1CN(C(=O)c2ccc(=O)n(C)c2)CCN1Cc1ccccc1. The quantitative estimate of drug-likeness (QED) is 0.851. The lowest BCUT2D eigenvalue weighted by Crippen LogP contribution is -2.59. The third kappa shape index (κ3) is 4.25. The van der Waals surface area contributed by atoms with Gasteiger partial charge in [0.2, 0.25) is 11.5 Å². The number of hydrogen-bond acceptors (Lipinski definition) is 4. The molecule has 0 radical (unpaired) electrons. The molecule has 0 unspecified atom stereocenters. The summed E-state index contributed by atoms with van der Waals surface area (Å²) in [6, 6.07) is 12.5. The van der Waals surface area contributed by atoms with Crippen LogP contribution in [0.15, 0.2) is 53.5 Å². The molecule has 1 N–H and O–H groups in total. The first-order valence-electron chi connectivity index (χ1n) is 8.95. The van der Waals surface area contributed by atoms with Crippen LogP contribution in [0.5, 0.6) is 0 Å². The van der Waals surface area contributed by atoms with Crippen LogP contribution in [0.25, 0.3) is 0 Å². The lowest BCUT2D eigenvalue weighted by atomic mass is 10.1. The molecule has 3 rings (SSSR count). The van der Waals surface area contributed by atoms with Crippen molar-refractivity contribution >= 4 is 11.8 Å². The Morgan fingerprint density at radius 2 is 1.85 bits per heavy atom. The average Bonchev–Trinajstić information content (AvgIpc) is 2.70. The van der Waals surface area contributed by atoms with E-state index < -0.39 is 6.04 Å². The molecule has 1 atom stereocenters. The number of benzene rings is 1. The lowest BCUT2D eigenvalue weighted by Gasteiger charge is -2.40. The monoisotopic (exact) mass is 368 g/mol. The summed E-state index contributed by atoms with van der Waals surface area (Å²) >= 11 is 0. The Morgan fingerprint density at radius 3 is 2.52 bits per heavy atom. The van der Waals surface area contributed by atoms with E-state index in [4.69, 9.17) is 0 Å². The van der Waals surface area contributed by atoms with E-state index in [2.05, 4.69) is 10.2 Å². The number of rotatable bonds is 4. The molecule has 1 aliphatic rings. The normalized spacial score (nSPS) is 17.6. The fraction of sp³-hybridized carbons (Fsp3) is 0.350. The number of carbonyl (C=O) groups excluding carboxylic acids is 2. The molecule has 7 nitrogen and oxygen atoms in total. The standard InChI is InChI=1S/C20H24N4O3/c1-21-19(26)17-14-24(20(27)16-8-9-18(25)22(2)13-16)11-10-23(17)12-15-6-4-3-5-7-15/h3-9,13,17H,10-12,14H2,1-2H3,(H,21,26)/t17-/m0/s1. The van der Waals surface area contributed by atoms with Crippen molar-refractivity contribution in [1.82, 2.24) is 19.7 Å². The van der Waals surface area contributed by atoms with Gasteiger partial charge in [-0.2, -0.15) is 0 Å². The zero-order valence-corrected chi connectivity index (χ0v) is 15.6. The molecule has 2 aromatic rings. The summed E-state index contributed by atoms with van der Waals surface area (Å²) in [7, 11) is 3.22. The van der Waals surface area contributed by atoms with Gasteiger partial charge in [-0.1, -0.05) is 30.3 Å². The van der Waals surface area contributed by atoms with E-state index in [-0.39, 0.29) is 17.4 Å². The van der Waals surface area contributed by atoms with Crippen molar-refractivity contribution in [3.05, 3.63) is 70.1 Å². The topological polar surface area (TPSA) is 74.6 Å². The van der Waals surface area contributed by atoms with Crippen LogP contribution in [-0.2, 0) is 18.4 Å². The molecule has 1 aliphatic heterocycles. The van der Waals surface area contributed by atoms with Crippen LogP contribution in [-0.4, -0.2) is 58.9 Å². The van der Waals surface area contributed by atoms with Crippen LogP contribution in [0.1, 0.15) is 15.9 Å². The number of piperazine rings is 1. The second-order valence-corrected chi connectivity index (χ2v) is 6.70. The van der Waals surface area contributed by atoms with Gasteiger partial charge < -0.3 is 14.8 Å². The van der Waals surface area contributed by atoms with Crippen LogP contribution in [0.4, 0.5) is 0 Å². The largest absolute Gasteiger partial charge is 0.358 e. The van der Waals surface area contributed by atoms with Gasteiger partial charge in [-0.3, -0.25) is 19.3 Å². The van der Waals surface area contributed by atoms with Crippen LogP contribution in [0, 0.1) is 0 Å². The smallest absolute Gasteiger partial charge is 0.255 e. The van der Waals surface area contributed by atoms with Gasteiger partial charge in [-0.25, -0.2) is 0 Å². The van der Waals surface area contributed by atoms with Crippen molar-refractivity contribution < 1.29 is 9.59 Å². The zero-order chi connectivity index (χ0) is 19.4. The minimum Gasteiger partial charge on any atom is -0.358 e. The number of hydrogen-bond donors (Lipinski definition) is 1. The second-order valence-electron chi connectivity index (χ2n) is 6.70. The van der Waals surface area contributed by atoms with Gasteiger partial charge in [0.25, 0.3) is 5.91 Å². The first-order chi connectivity index (χ1) is 13.0. The number of nitrogens with zero attached hydrogens (tertiary/aromatic N) is 3. The first-order valence-corrected chi connectivity index (χ1v) is 8.95. The predicted octanol–water partition coefficient (Wildman–Crippen LogP) is 0.458. The Hall–Kier alpha value is -2.93. The summed E-state index contributed by atoms with van der Waals surface area (Å²) in [5, 5.41) is 2.70. The fourth-order valence-corrected chi connectivity index (χ4v) is 3.33. The van der Waals surface area contributed by atoms with E-state index in [1.54, 1.807) is 19.0 Å². The number of nitrogens with one attached hydrogen (secondary N) is 1. The number of amides is 2. The van der Waals surface area contributed by atoms with Crippen molar-refractivity contribution in [1.29, 1.82) is 0 Å². The van der Waals surface area contributed by atoms with Gasteiger partial charge in [-0.15, -0.1) is 0 Å². The Bertz CT molecular complexity index is 878. The molecule has 1 saturated heterocycles. The Morgan fingerprint density at radius 1 is 1.11 bits per heavy atom. The molecule has 0 spiro atoms. The molecule has 142 valence electrons. The molecule has 1 fully saturated rings. The Balaban J connectivity index is 1.77. The summed E-state index contributed by atoms with van der Waals surface area (Å²) < 4.78 is 1.38. The lowest BCUT2D eigenvalue weighted by molar-refractivity contribution is -0.128. The zero-order valence-electron chi connectivity index (χ0n) is 15.6. The summed E-state index contributed by atoms with van der Waals surface area (Å²) in [4.78, 5) is 40.6. The molecule has 1 aromatic carbocycles. The number of likely N-dealkylation sites (N-methyl/N-ethyl adjacent to an activating group) is 1. The van der Waals surface area contributed by atoms with Gasteiger partial charge in [0.1, 0.15) is 6.04 Å². The average molecular weight is 368 g/mol. The summed E-state index contributed by atoms with van der Waals surface area (Å²) in [5.74, 6) is -0.275. The second kappa shape index (κ2) is 8.18. The molecule has 2 heterocycles. The molecule has 1 aromatic heterocycles. The van der Waals surface area contributed by atoms with E-state index in [9.17, 15) is 14.4 Å².